The summed E-state index contributed by atoms with van der Waals surface area (Å²) in [7, 11) is -0.843. The van der Waals surface area contributed by atoms with E-state index in [9.17, 15) is 18.0 Å². The van der Waals surface area contributed by atoms with Crippen molar-refractivity contribution in [2.24, 2.45) is 0 Å². The van der Waals surface area contributed by atoms with Crippen molar-refractivity contribution in [2.75, 3.05) is 27.2 Å². The first kappa shape index (κ1) is 26.6. The Morgan fingerprint density at radius 2 is 1.77 bits per heavy atom. The molecule has 3 aromatic rings. The molecule has 0 aliphatic heterocycles. The maximum absolute atomic E-state index is 13.2. The average Bonchev–Trinajstić information content (AvgIpc) is 2.83. The van der Waals surface area contributed by atoms with Crippen molar-refractivity contribution in [3.63, 3.8) is 0 Å². The smallest absolute Gasteiger partial charge is 0.256 e. The number of aromatic nitrogens is 1. The largest absolute Gasteiger partial charge is 0.351 e. The second-order valence-corrected chi connectivity index (χ2v) is 11.1. The van der Waals surface area contributed by atoms with Gasteiger partial charge in [-0.3, -0.25) is 14.5 Å². The molecule has 0 radical (unpaired) electrons. The molecule has 35 heavy (non-hydrogen) atoms. The fourth-order valence-corrected chi connectivity index (χ4v) is 4.85. The first-order valence-corrected chi connectivity index (χ1v) is 13.2. The summed E-state index contributed by atoms with van der Waals surface area (Å²) in [6.07, 6.45) is 1.55. The van der Waals surface area contributed by atoms with Crippen molar-refractivity contribution in [1.82, 2.24) is 19.1 Å². The van der Waals surface area contributed by atoms with E-state index >= 15 is 0 Å². The number of aryl methyl sites for hydroxylation is 1. The van der Waals surface area contributed by atoms with Crippen molar-refractivity contribution in [2.45, 2.75) is 44.8 Å². The minimum atomic E-state index is -3.72. The van der Waals surface area contributed by atoms with Crippen LogP contribution in [0.1, 0.15) is 36.7 Å². The van der Waals surface area contributed by atoms with Crippen molar-refractivity contribution in [1.29, 1.82) is 0 Å². The molecule has 0 aliphatic rings. The fourth-order valence-electron chi connectivity index (χ4n) is 3.92. The van der Waals surface area contributed by atoms with E-state index in [1.54, 1.807) is 16.8 Å². The third kappa shape index (κ3) is 5.98. The molecule has 2 aromatic carbocycles. The zero-order chi connectivity index (χ0) is 25.8. The molecule has 8 nitrogen and oxygen atoms in total. The summed E-state index contributed by atoms with van der Waals surface area (Å²) in [6, 6.07) is 14.9. The number of hydrogen-bond donors (Lipinski definition) is 1. The Bertz CT molecular complexity index is 1350. The van der Waals surface area contributed by atoms with E-state index in [1.807, 2.05) is 25.1 Å². The van der Waals surface area contributed by atoms with Gasteiger partial charge in [0.25, 0.3) is 5.91 Å². The standard InChI is InChI=1S/C26H34N4O4S/c1-6-29-18-23(25(31)22-16-21(12-13-24(22)29)35(33,34)28(4)5)26(32)27-14-15-30(19(2)3)17-20-10-8-7-9-11-20/h7-13,16,18-19H,6,14-15,17H2,1-5H3,(H,27,32). The molecule has 0 saturated carbocycles. The Morgan fingerprint density at radius 1 is 1.09 bits per heavy atom. The van der Waals surface area contributed by atoms with Gasteiger partial charge in [-0.2, -0.15) is 0 Å². The van der Waals surface area contributed by atoms with E-state index in [0.29, 0.717) is 25.2 Å². The van der Waals surface area contributed by atoms with Crippen LogP contribution in [0, 0.1) is 0 Å². The van der Waals surface area contributed by atoms with Gasteiger partial charge in [-0.25, -0.2) is 12.7 Å². The first-order chi connectivity index (χ1) is 16.6. The van der Waals surface area contributed by atoms with E-state index in [4.69, 9.17) is 0 Å². The monoisotopic (exact) mass is 498 g/mol. The van der Waals surface area contributed by atoms with E-state index < -0.39 is 21.4 Å². The van der Waals surface area contributed by atoms with Gasteiger partial charge in [-0.15, -0.1) is 0 Å². The van der Waals surface area contributed by atoms with Crippen molar-refractivity contribution in [3.05, 3.63) is 76.1 Å². The molecule has 0 aliphatic carbocycles. The molecule has 9 heteroatoms. The Morgan fingerprint density at radius 3 is 2.37 bits per heavy atom. The number of hydrogen-bond acceptors (Lipinski definition) is 5. The molecule has 1 aromatic heterocycles. The maximum atomic E-state index is 13.2. The van der Waals surface area contributed by atoms with Gasteiger partial charge >= 0.3 is 0 Å². The zero-order valence-corrected chi connectivity index (χ0v) is 21.8. The summed E-state index contributed by atoms with van der Waals surface area (Å²) in [5.41, 5.74) is 1.29. The fraction of sp³-hybridized carbons (Fsp3) is 0.385. The van der Waals surface area contributed by atoms with Gasteiger partial charge in [-0.05, 0) is 44.5 Å². The Hall–Kier alpha value is -3.01. The molecule has 0 atom stereocenters. The number of sulfonamides is 1. The van der Waals surface area contributed by atoms with Gasteiger partial charge in [0.15, 0.2) is 0 Å². The lowest BCUT2D eigenvalue weighted by Gasteiger charge is -2.26. The van der Waals surface area contributed by atoms with E-state index in [-0.39, 0.29) is 21.9 Å². The van der Waals surface area contributed by atoms with Gasteiger partial charge in [0.2, 0.25) is 15.5 Å². The summed E-state index contributed by atoms with van der Waals surface area (Å²) in [5, 5.41) is 3.07. The van der Waals surface area contributed by atoms with Gasteiger partial charge in [0.05, 0.1) is 10.4 Å². The number of rotatable bonds is 10. The molecule has 0 unspecified atom stereocenters. The number of nitrogens with one attached hydrogen (secondary N) is 1. The molecule has 1 heterocycles. The summed E-state index contributed by atoms with van der Waals surface area (Å²) in [4.78, 5) is 28.5. The highest BCUT2D eigenvalue weighted by Crippen LogP contribution is 2.20. The number of benzene rings is 2. The number of fused-ring (bicyclic) bond motifs is 1. The van der Waals surface area contributed by atoms with Crippen LogP contribution in [0.3, 0.4) is 0 Å². The number of pyridine rings is 1. The molecule has 0 fully saturated rings. The van der Waals surface area contributed by atoms with E-state index in [0.717, 1.165) is 10.8 Å². The lowest BCUT2D eigenvalue weighted by molar-refractivity contribution is 0.0942. The van der Waals surface area contributed by atoms with Crippen LogP contribution in [-0.2, 0) is 23.1 Å². The highest BCUT2D eigenvalue weighted by atomic mass is 32.2. The normalized spacial score (nSPS) is 12.1. The van der Waals surface area contributed by atoms with Crippen molar-refractivity contribution < 1.29 is 13.2 Å². The van der Waals surface area contributed by atoms with Crippen LogP contribution in [0.2, 0.25) is 0 Å². The third-order valence-electron chi connectivity index (χ3n) is 6.06. The molecule has 0 spiro atoms. The topological polar surface area (TPSA) is 91.7 Å². The predicted octanol–water partition coefficient (Wildman–Crippen LogP) is 2.91. The zero-order valence-electron chi connectivity index (χ0n) is 21.0. The molecule has 0 saturated heterocycles. The number of amides is 1. The molecule has 1 amide bonds. The molecular weight excluding hydrogens is 464 g/mol. The van der Waals surface area contributed by atoms with Crippen LogP contribution < -0.4 is 10.7 Å². The Kier molecular flexibility index (Phi) is 8.47. The average molecular weight is 499 g/mol. The van der Waals surface area contributed by atoms with Crippen LogP contribution in [-0.4, -0.2) is 61.3 Å². The molecule has 1 N–H and O–H groups in total. The maximum Gasteiger partial charge on any atom is 0.256 e. The van der Waals surface area contributed by atoms with Crippen LogP contribution in [0.25, 0.3) is 10.9 Å². The van der Waals surface area contributed by atoms with E-state index in [1.165, 1.54) is 31.8 Å². The second kappa shape index (κ2) is 11.2. The van der Waals surface area contributed by atoms with Crippen LogP contribution >= 0.6 is 0 Å². The summed E-state index contributed by atoms with van der Waals surface area (Å²) < 4.78 is 28.1. The highest BCUT2D eigenvalue weighted by Gasteiger charge is 2.21. The Labute approximate surface area is 207 Å². The van der Waals surface area contributed by atoms with Gasteiger partial charge in [0.1, 0.15) is 5.56 Å². The highest BCUT2D eigenvalue weighted by molar-refractivity contribution is 7.89. The predicted molar refractivity (Wildman–Crippen MR) is 139 cm³/mol. The molecule has 0 bridgehead atoms. The van der Waals surface area contributed by atoms with E-state index in [2.05, 4.69) is 36.2 Å². The number of carbonyl (C=O) groups excluding carboxylic acids is 1. The quantitative estimate of drug-likeness (QED) is 0.464. The van der Waals surface area contributed by atoms with Crippen molar-refractivity contribution in [3.8, 4) is 0 Å². The summed E-state index contributed by atoms with van der Waals surface area (Å²) in [5.74, 6) is -0.469. The molecule has 188 valence electrons. The number of carbonyl (C=O) groups is 1. The van der Waals surface area contributed by atoms with Gasteiger partial charge in [0, 0.05) is 57.9 Å². The molecular formula is C26H34N4O4S. The first-order valence-electron chi connectivity index (χ1n) is 11.7. The number of nitrogens with zero attached hydrogens (tertiary/aromatic N) is 3. The second-order valence-electron chi connectivity index (χ2n) is 8.93. The van der Waals surface area contributed by atoms with Crippen LogP contribution in [0.15, 0.2) is 64.4 Å². The third-order valence-corrected chi connectivity index (χ3v) is 7.87. The summed E-state index contributed by atoms with van der Waals surface area (Å²) >= 11 is 0. The van der Waals surface area contributed by atoms with Crippen LogP contribution in [0.4, 0.5) is 0 Å². The van der Waals surface area contributed by atoms with Crippen molar-refractivity contribution >= 4 is 26.8 Å². The lowest BCUT2D eigenvalue weighted by atomic mass is 10.1. The SMILES string of the molecule is CCn1cc(C(=O)NCCN(Cc2ccccc2)C(C)C)c(=O)c2cc(S(=O)(=O)N(C)C)ccc21. The minimum Gasteiger partial charge on any atom is -0.351 e. The Balaban J connectivity index is 1.84. The molecule has 3 rings (SSSR count). The summed E-state index contributed by atoms with van der Waals surface area (Å²) in [6.45, 7) is 8.40. The lowest BCUT2D eigenvalue weighted by Crippen LogP contribution is -2.39. The minimum absolute atomic E-state index is 0.00194. The van der Waals surface area contributed by atoms with Crippen LogP contribution in [0.5, 0.6) is 0 Å². The van der Waals surface area contributed by atoms with Gasteiger partial charge in [-0.1, -0.05) is 30.3 Å². The van der Waals surface area contributed by atoms with Gasteiger partial charge < -0.3 is 9.88 Å².